The van der Waals surface area contributed by atoms with E-state index in [0.29, 0.717) is 6.04 Å². The highest BCUT2D eigenvalue weighted by Gasteiger charge is 2.40. The Morgan fingerprint density at radius 2 is 2.00 bits per heavy atom. The van der Waals surface area contributed by atoms with Crippen molar-refractivity contribution in [3.8, 4) is 0 Å². The van der Waals surface area contributed by atoms with Gasteiger partial charge >= 0.3 is 0 Å². The fourth-order valence-corrected chi connectivity index (χ4v) is 4.35. The molecule has 0 radical (unpaired) electrons. The Hall–Kier alpha value is -0.340. The molecular weight excluding hydrogens is 286 g/mol. The van der Waals surface area contributed by atoms with Crippen molar-refractivity contribution in [2.75, 3.05) is 7.05 Å². The molecule has 0 saturated heterocycles. The Morgan fingerprint density at radius 1 is 1.22 bits per heavy atom. The molecular formula is C16H22BrN. The summed E-state index contributed by atoms with van der Waals surface area (Å²) < 4.78 is 1.17. The Kier molecular flexibility index (Phi) is 3.76. The van der Waals surface area contributed by atoms with E-state index in [-0.39, 0.29) is 0 Å². The lowest BCUT2D eigenvalue weighted by Crippen LogP contribution is -2.22. The van der Waals surface area contributed by atoms with Gasteiger partial charge in [0, 0.05) is 10.5 Å². The SMILES string of the molecule is CNC(CC1CC2CCC1C2)c1ccc(Br)cc1. The number of halogens is 1. The van der Waals surface area contributed by atoms with Crippen molar-refractivity contribution < 1.29 is 0 Å². The van der Waals surface area contributed by atoms with Crippen LogP contribution in [0.15, 0.2) is 28.7 Å². The molecule has 4 unspecified atom stereocenters. The first kappa shape index (κ1) is 12.7. The Bertz CT molecular complexity index is 400. The molecule has 1 aromatic rings. The van der Waals surface area contributed by atoms with E-state index in [0.717, 1.165) is 17.8 Å². The molecule has 0 spiro atoms. The number of benzene rings is 1. The smallest absolute Gasteiger partial charge is 0.0320 e. The minimum absolute atomic E-state index is 0.530. The maximum absolute atomic E-state index is 3.51. The van der Waals surface area contributed by atoms with Crippen LogP contribution < -0.4 is 5.32 Å². The normalized spacial score (nSPS) is 31.8. The summed E-state index contributed by atoms with van der Waals surface area (Å²) in [5, 5.41) is 3.51. The first-order chi connectivity index (χ1) is 8.76. The monoisotopic (exact) mass is 307 g/mol. The Morgan fingerprint density at radius 3 is 2.56 bits per heavy atom. The molecule has 2 bridgehead atoms. The van der Waals surface area contributed by atoms with Gasteiger partial charge in [-0.3, -0.25) is 0 Å². The second-order valence-electron chi connectivity index (χ2n) is 6.06. The van der Waals surface area contributed by atoms with Crippen LogP contribution >= 0.6 is 15.9 Å². The summed E-state index contributed by atoms with van der Waals surface area (Å²) in [6.45, 7) is 0. The van der Waals surface area contributed by atoms with Crippen LogP contribution in [0.2, 0.25) is 0 Å². The van der Waals surface area contributed by atoms with Gasteiger partial charge < -0.3 is 5.32 Å². The lowest BCUT2D eigenvalue weighted by Gasteiger charge is -2.27. The highest BCUT2D eigenvalue weighted by atomic mass is 79.9. The van der Waals surface area contributed by atoms with Crippen molar-refractivity contribution in [3.63, 3.8) is 0 Å². The Balaban J connectivity index is 1.67. The summed E-state index contributed by atoms with van der Waals surface area (Å²) in [5.41, 5.74) is 1.43. The summed E-state index contributed by atoms with van der Waals surface area (Å²) in [7, 11) is 2.10. The zero-order valence-corrected chi connectivity index (χ0v) is 12.6. The maximum atomic E-state index is 3.51. The molecule has 4 atom stereocenters. The van der Waals surface area contributed by atoms with Gasteiger partial charge in [-0.2, -0.15) is 0 Å². The van der Waals surface area contributed by atoms with Gasteiger partial charge in [0.15, 0.2) is 0 Å². The molecule has 3 rings (SSSR count). The van der Waals surface area contributed by atoms with E-state index in [1.54, 1.807) is 0 Å². The molecule has 2 saturated carbocycles. The van der Waals surface area contributed by atoms with Crippen molar-refractivity contribution in [3.05, 3.63) is 34.3 Å². The number of rotatable bonds is 4. The minimum Gasteiger partial charge on any atom is -0.313 e. The zero-order valence-electron chi connectivity index (χ0n) is 11.0. The third-order valence-corrected chi connectivity index (χ3v) is 5.57. The van der Waals surface area contributed by atoms with Crippen LogP contribution in [0, 0.1) is 17.8 Å². The van der Waals surface area contributed by atoms with Crippen molar-refractivity contribution in [2.24, 2.45) is 17.8 Å². The molecule has 0 amide bonds. The van der Waals surface area contributed by atoms with Gasteiger partial charge in [0.2, 0.25) is 0 Å². The van der Waals surface area contributed by atoms with Gasteiger partial charge in [0.05, 0.1) is 0 Å². The molecule has 2 aliphatic carbocycles. The highest BCUT2D eigenvalue weighted by molar-refractivity contribution is 9.10. The number of fused-ring (bicyclic) bond motifs is 2. The largest absolute Gasteiger partial charge is 0.313 e. The van der Waals surface area contributed by atoms with Crippen molar-refractivity contribution in [2.45, 2.75) is 38.1 Å². The minimum atomic E-state index is 0.530. The standard InChI is InChI=1S/C16H22BrN/c1-18-16(12-4-6-15(17)7-5-12)10-14-9-11-2-3-13(14)8-11/h4-7,11,13-14,16,18H,2-3,8-10H2,1H3. The van der Waals surface area contributed by atoms with E-state index < -0.39 is 0 Å². The number of hydrogen-bond acceptors (Lipinski definition) is 1. The fourth-order valence-electron chi connectivity index (χ4n) is 4.08. The predicted molar refractivity (Wildman–Crippen MR) is 79.5 cm³/mol. The molecule has 1 aromatic carbocycles. The molecule has 1 N–H and O–H groups in total. The van der Waals surface area contributed by atoms with Crippen molar-refractivity contribution >= 4 is 15.9 Å². The first-order valence-electron chi connectivity index (χ1n) is 7.19. The van der Waals surface area contributed by atoms with Crippen LogP contribution in [0.3, 0.4) is 0 Å². The average molecular weight is 308 g/mol. The molecule has 18 heavy (non-hydrogen) atoms. The zero-order chi connectivity index (χ0) is 12.5. The predicted octanol–water partition coefficient (Wildman–Crippen LogP) is 4.54. The molecule has 2 heteroatoms. The summed E-state index contributed by atoms with van der Waals surface area (Å²) >= 11 is 3.51. The van der Waals surface area contributed by atoms with Crippen LogP contribution in [-0.2, 0) is 0 Å². The van der Waals surface area contributed by atoms with Crippen LogP contribution in [-0.4, -0.2) is 7.05 Å². The van der Waals surface area contributed by atoms with E-state index in [1.165, 1.54) is 42.1 Å². The van der Waals surface area contributed by atoms with Gasteiger partial charge in [-0.15, -0.1) is 0 Å². The van der Waals surface area contributed by atoms with Crippen molar-refractivity contribution in [1.82, 2.24) is 5.32 Å². The van der Waals surface area contributed by atoms with E-state index in [1.807, 2.05) is 0 Å². The third-order valence-electron chi connectivity index (χ3n) is 5.04. The lowest BCUT2D eigenvalue weighted by atomic mass is 9.83. The van der Waals surface area contributed by atoms with Crippen LogP contribution in [0.1, 0.15) is 43.7 Å². The topological polar surface area (TPSA) is 12.0 Å². The second kappa shape index (κ2) is 5.34. The van der Waals surface area contributed by atoms with E-state index in [9.17, 15) is 0 Å². The van der Waals surface area contributed by atoms with Gasteiger partial charge in [0.1, 0.15) is 0 Å². The van der Waals surface area contributed by atoms with E-state index in [4.69, 9.17) is 0 Å². The second-order valence-corrected chi connectivity index (χ2v) is 6.98. The first-order valence-corrected chi connectivity index (χ1v) is 7.98. The molecule has 0 aromatic heterocycles. The van der Waals surface area contributed by atoms with E-state index >= 15 is 0 Å². The fraction of sp³-hybridized carbons (Fsp3) is 0.625. The molecule has 2 aliphatic rings. The van der Waals surface area contributed by atoms with Gasteiger partial charge in [-0.25, -0.2) is 0 Å². The third kappa shape index (κ3) is 2.50. The van der Waals surface area contributed by atoms with E-state index in [2.05, 4.69) is 52.6 Å². The molecule has 2 fully saturated rings. The summed E-state index contributed by atoms with van der Waals surface area (Å²) in [6.07, 6.45) is 7.32. The lowest BCUT2D eigenvalue weighted by molar-refractivity contribution is 0.284. The van der Waals surface area contributed by atoms with Crippen LogP contribution in [0.25, 0.3) is 0 Å². The van der Waals surface area contributed by atoms with Gasteiger partial charge in [-0.05, 0) is 68.2 Å². The molecule has 0 heterocycles. The number of hydrogen-bond donors (Lipinski definition) is 1. The van der Waals surface area contributed by atoms with Gasteiger partial charge in [0.25, 0.3) is 0 Å². The Labute approximate surface area is 118 Å². The maximum Gasteiger partial charge on any atom is 0.0320 e. The van der Waals surface area contributed by atoms with Crippen LogP contribution in [0.5, 0.6) is 0 Å². The number of nitrogens with one attached hydrogen (secondary N) is 1. The molecule has 0 aliphatic heterocycles. The van der Waals surface area contributed by atoms with Crippen LogP contribution in [0.4, 0.5) is 0 Å². The highest BCUT2D eigenvalue weighted by Crippen LogP contribution is 2.50. The summed E-state index contributed by atoms with van der Waals surface area (Å²) in [6, 6.07) is 9.33. The quantitative estimate of drug-likeness (QED) is 0.861. The average Bonchev–Trinajstić information content (AvgIpc) is 2.99. The van der Waals surface area contributed by atoms with Crippen molar-refractivity contribution in [1.29, 1.82) is 0 Å². The molecule has 98 valence electrons. The summed E-state index contributed by atoms with van der Waals surface area (Å²) in [4.78, 5) is 0. The summed E-state index contributed by atoms with van der Waals surface area (Å²) in [5.74, 6) is 3.05. The van der Waals surface area contributed by atoms with Gasteiger partial charge in [-0.1, -0.05) is 34.5 Å². The molecule has 1 nitrogen and oxygen atoms in total.